The van der Waals surface area contributed by atoms with Crippen molar-refractivity contribution in [2.45, 2.75) is 19.3 Å². The Bertz CT molecular complexity index is 2650. The number of nitrogens with zero attached hydrogens (tertiary/aromatic N) is 5. The van der Waals surface area contributed by atoms with Gasteiger partial charge in [0.25, 0.3) is 0 Å². The Morgan fingerprint density at radius 2 is 1.18 bits per heavy atom. The van der Waals surface area contributed by atoms with Crippen LogP contribution in [0.1, 0.15) is 36.1 Å². The molecule has 0 bridgehead atoms. The van der Waals surface area contributed by atoms with Gasteiger partial charge in [-0.2, -0.15) is 10.5 Å². The van der Waals surface area contributed by atoms with Crippen LogP contribution >= 0.6 is 0 Å². The van der Waals surface area contributed by atoms with Crippen LogP contribution in [0.2, 0.25) is 0 Å². The molecule has 3 heterocycles. The van der Waals surface area contributed by atoms with Gasteiger partial charge in [-0.05, 0) is 71.3 Å². The normalized spacial score (nSPS) is 13.2. The summed E-state index contributed by atoms with van der Waals surface area (Å²) < 4.78 is 4.45. The summed E-state index contributed by atoms with van der Waals surface area (Å²) in [5, 5.41) is 23.6. The number of hydrogen-bond donors (Lipinski definition) is 0. The molecule has 0 fully saturated rings. The largest absolute Gasteiger partial charge is 0.294 e. The lowest BCUT2D eigenvalue weighted by Gasteiger charge is -2.21. The van der Waals surface area contributed by atoms with E-state index >= 15 is 0 Å². The number of pyridine rings is 1. The zero-order valence-corrected chi connectivity index (χ0v) is 24.7. The van der Waals surface area contributed by atoms with Gasteiger partial charge in [0.2, 0.25) is 0 Å². The van der Waals surface area contributed by atoms with E-state index in [4.69, 9.17) is 4.98 Å². The van der Waals surface area contributed by atoms with Crippen LogP contribution in [0.15, 0.2) is 115 Å². The Morgan fingerprint density at radius 3 is 1.93 bits per heavy atom. The molecule has 0 amide bonds. The SMILES string of the molecule is CC1(C)c2ccccc2-c2c1ccc1c3cc(C#N)ccc3n(-c3cccc(-n4c5ccccc5c5cc(C#N)ccc54)n3)c21. The van der Waals surface area contributed by atoms with Gasteiger partial charge in [-0.3, -0.25) is 9.13 Å². The first kappa shape index (κ1) is 25.3. The fraction of sp³-hybridized carbons (Fsp3) is 0.0750. The van der Waals surface area contributed by atoms with Gasteiger partial charge < -0.3 is 0 Å². The Hall–Kier alpha value is -6.17. The van der Waals surface area contributed by atoms with E-state index in [0.29, 0.717) is 11.1 Å². The first-order chi connectivity index (χ1) is 22.0. The highest BCUT2D eigenvalue weighted by molar-refractivity contribution is 6.16. The molecule has 1 aliphatic rings. The quantitative estimate of drug-likeness (QED) is 0.206. The fourth-order valence-corrected chi connectivity index (χ4v) is 7.55. The van der Waals surface area contributed by atoms with Crippen LogP contribution in [0.25, 0.3) is 66.4 Å². The van der Waals surface area contributed by atoms with Gasteiger partial charge in [-0.25, -0.2) is 4.98 Å². The monoisotopic (exact) mass is 575 g/mol. The molecule has 210 valence electrons. The van der Waals surface area contributed by atoms with Crippen molar-refractivity contribution in [1.29, 1.82) is 10.5 Å². The lowest BCUT2D eigenvalue weighted by Crippen LogP contribution is -2.14. The van der Waals surface area contributed by atoms with Gasteiger partial charge >= 0.3 is 0 Å². The van der Waals surface area contributed by atoms with Crippen LogP contribution < -0.4 is 0 Å². The highest BCUT2D eigenvalue weighted by Crippen LogP contribution is 2.52. The molecule has 0 radical (unpaired) electrons. The summed E-state index contributed by atoms with van der Waals surface area (Å²) >= 11 is 0. The summed E-state index contributed by atoms with van der Waals surface area (Å²) in [6, 6.07) is 44.0. The van der Waals surface area contributed by atoms with Gasteiger partial charge in [-0.1, -0.05) is 74.5 Å². The highest BCUT2D eigenvalue weighted by Gasteiger charge is 2.37. The number of aromatic nitrogens is 3. The summed E-state index contributed by atoms with van der Waals surface area (Å²) in [6.45, 7) is 4.59. The van der Waals surface area contributed by atoms with Crippen LogP contribution in [0.5, 0.6) is 0 Å². The molecule has 9 rings (SSSR count). The van der Waals surface area contributed by atoms with Crippen molar-refractivity contribution in [1.82, 2.24) is 14.1 Å². The Balaban J connectivity index is 1.39. The molecule has 0 saturated carbocycles. The van der Waals surface area contributed by atoms with E-state index in [1.807, 2.05) is 54.6 Å². The average molecular weight is 576 g/mol. The van der Waals surface area contributed by atoms with Crippen molar-refractivity contribution in [2.24, 2.45) is 0 Å². The van der Waals surface area contributed by atoms with Crippen LogP contribution in [0, 0.1) is 22.7 Å². The summed E-state index contributed by atoms with van der Waals surface area (Å²) in [4.78, 5) is 5.36. The predicted octanol–water partition coefficient (Wildman–Crippen LogP) is 9.33. The first-order valence-electron chi connectivity index (χ1n) is 15.0. The minimum Gasteiger partial charge on any atom is -0.294 e. The second-order valence-electron chi connectivity index (χ2n) is 12.3. The molecule has 0 aliphatic heterocycles. The van der Waals surface area contributed by atoms with Gasteiger partial charge in [-0.15, -0.1) is 0 Å². The van der Waals surface area contributed by atoms with Crippen LogP contribution in [0.4, 0.5) is 0 Å². The van der Waals surface area contributed by atoms with Gasteiger partial charge in [0.05, 0.1) is 45.3 Å². The zero-order chi connectivity index (χ0) is 30.4. The molecule has 5 aromatic carbocycles. The number of para-hydroxylation sites is 1. The summed E-state index contributed by atoms with van der Waals surface area (Å²) in [7, 11) is 0. The lowest BCUT2D eigenvalue weighted by molar-refractivity contribution is 0.661. The zero-order valence-electron chi connectivity index (χ0n) is 24.7. The number of rotatable bonds is 2. The molecule has 8 aromatic rings. The van der Waals surface area contributed by atoms with E-state index in [1.54, 1.807) is 0 Å². The maximum Gasteiger partial charge on any atom is 0.140 e. The van der Waals surface area contributed by atoms with E-state index in [-0.39, 0.29) is 5.41 Å². The smallest absolute Gasteiger partial charge is 0.140 e. The van der Waals surface area contributed by atoms with E-state index in [2.05, 4.69) is 95.8 Å². The second-order valence-corrected chi connectivity index (χ2v) is 12.3. The third-order valence-corrected chi connectivity index (χ3v) is 9.58. The van der Waals surface area contributed by atoms with Crippen LogP contribution in [0.3, 0.4) is 0 Å². The van der Waals surface area contributed by atoms with Crippen molar-refractivity contribution in [3.05, 3.63) is 138 Å². The molecule has 5 nitrogen and oxygen atoms in total. The molecule has 0 atom stereocenters. The third-order valence-electron chi connectivity index (χ3n) is 9.58. The van der Waals surface area contributed by atoms with Crippen LogP contribution in [-0.2, 0) is 5.41 Å². The second kappa shape index (κ2) is 8.92. The predicted molar refractivity (Wildman–Crippen MR) is 180 cm³/mol. The Kier molecular flexibility index (Phi) is 5.03. The van der Waals surface area contributed by atoms with Crippen molar-refractivity contribution < 1.29 is 0 Å². The maximum atomic E-state index is 9.81. The van der Waals surface area contributed by atoms with Crippen molar-refractivity contribution in [2.75, 3.05) is 0 Å². The summed E-state index contributed by atoms with van der Waals surface area (Å²) in [5.74, 6) is 1.59. The molecule has 45 heavy (non-hydrogen) atoms. The lowest BCUT2D eigenvalue weighted by atomic mass is 9.82. The average Bonchev–Trinajstić information content (AvgIpc) is 3.67. The topological polar surface area (TPSA) is 70.3 Å². The van der Waals surface area contributed by atoms with Crippen molar-refractivity contribution in [3.8, 4) is 34.9 Å². The third kappa shape index (κ3) is 3.33. The molecule has 0 N–H and O–H groups in total. The van der Waals surface area contributed by atoms with Gasteiger partial charge in [0.1, 0.15) is 11.6 Å². The standard InChI is InChI=1S/C40H25N5/c1-40(2)31-10-5-3-9-28(31)38-32(40)17-16-27-30-21-25(23-42)15-19-35(30)45(39(27)38)37-13-7-12-36(43-37)44-33-11-6-4-8-26(33)29-20-24(22-41)14-18-34(29)44/h3-21H,1-2H3. The molecular formula is C40H25N5. The van der Waals surface area contributed by atoms with E-state index in [1.165, 1.54) is 22.3 Å². The first-order valence-corrected chi connectivity index (χ1v) is 15.0. The fourth-order valence-electron chi connectivity index (χ4n) is 7.55. The van der Waals surface area contributed by atoms with Crippen molar-refractivity contribution >= 4 is 43.6 Å². The number of fused-ring (bicyclic) bond motifs is 10. The number of nitriles is 2. The van der Waals surface area contributed by atoms with Crippen LogP contribution in [-0.4, -0.2) is 14.1 Å². The molecule has 3 aromatic heterocycles. The summed E-state index contributed by atoms with van der Waals surface area (Å²) in [5.41, 5.74) is 10.3. The van der Waals surface area contributed by atoms with Gasteiger partial charge in [0, 0.05) is 32.5 Å². The van der Waals surface area contributed by atoms with E-state index in [9.17, 15) is 10.5 Å². The highest BCUT2D eigenvalue weighted by atomic mass is 15.1. The maximum absolute atomic E-state index is 9.81. The minimum absolute atomic E-state index is 0.153. The molecule has 0 spiro atoms. The Morgan fingerprint density at radius 1 is 0.556 bits per heavy atom. The van der Waals surface area contributed by atoms with Crippen molar-refractivity contribution in [3.63, 3.8) is 0 Å². The Labute approximate surface area is 259 Å². The van der Waals surface area contributed by atoms with Gasteiger partial charge in [0.15, 0.2) is 0 Å². The molecule has 5 heteroatoms. The van der Waals surface area contributed by atoms with E-state index < -0.39 is 0 Å². The molecular weight excluding hydrogens is 550 g/mol. The van der Waals surface area contributed by atoms with E-state index in [0.717, 1.165) is 55.2 Å². The number of hydrogen-bond acceptors (Lipinski definition) is 3. The molecule has 1 aliphatic carbocycles. The molecule has 0 unspecified atom stereocenters. The molecule has 0 saturated heterocycles. The number of benzene rings is 5. The minimum atomic E-state index is -0.153. The summed E-state index contributed by atoms with van der Waals surface area (Å²) in [6.07, 6.45) is 0.